The fourth-order valence-electron chi connectivity index (χ4n) is 1.31. The predicted molar refractivity (Wildman–Crippen MR) is 67.4 cm³/mol. The Bertz CT molecular complexity index is 518. The molecule has 2 rings (SSSR count). The van der Waals surface area contributed by atoms with Gasteiger partial charge in [0.2, 0.25) is 0 Å². The predicted octanol–water partition coefficient (Wildman–Crippen LogP) is 3.56. The van der Waals surface area contributed by atoms with Gasteiger partial charge in [0.15, 0.2) is 0 Å². The molecule has 1 aromatic carbocycles. The first-order valence-corrected chi connectivity index (χ1v) is 6.06. The maximum absolute atomic E-state index is 13.5. The lowest BCUT2D eigenvalue weighted by atomic mass is 10.3. The van der Waals surface area contributed by atoms with Crippen molar-refractivity contribution in [3.8, 4) is 5.75 Å². The van der Waals surface area contributed by atoms with Gasteiger partial charge in [-0.3, -0.25) is 0 Å². The molecular formula is C11H10ClFN2OS. The molecule has 0 radical (unpaired) electrons. The van der Waals surface area contributed by atoms with Crippen molar-refractivity contribution in [2.24, 2.45) is 0 Å². The molecule has 1 N–H and O–H groups in total. The Morgan fingerprint density at radius 3 is 3.00 bits per heavy atom. The van der Waals surface area contributed by atoms with Crippen LogP contribution in [-0.4, -0.2) is 12.1 Å². The van der Waals surface area contributed by atoms with Crippen molar-refractivity contribution >= 4 is 28.6 Å². The highest BCUT2D eigenvalue weighted by molar-refractivity contribution is 7.15. The fourth-order valence-corrected chi connectivity index (χ4v) is 2.20. The number of methoxy groups -OCH3 is 1. The summed E-state index contributed by atoms with van der Waals surface area (Å²) in [6.07, 6.45) is 1.57. The Hall–Kier alpha value is -1.33. The second kappa shape index (κ2) is 5.33. The van der Waals surface area contributed by atoms with E-state index < -0.39 is 0 Å². The van der Waals surface area contributed by atoms with Crippen molar-refractivity contribution in [2.45, 2.75) is 6.54 Å². The minimum Gasteiger partial charge on any atom is -0.497 e. The molecule has 3 nitrogen and oxygen atoms in total. The first kappa shape index (κ1) is 12.1. The van der Waals surface area contributed by atoms with E-state index in [1.165, 1.54) is 24.5 Å². The molecule has 0 fully saturated rings. The van der Waals surface area contributed by atoms with Crippen molar-refractivity contribution in [2.75, 3.05) is 12.4 Å². The number of aromatic nitrogens is 1. The number of anilines is 1. The molecule has 17 heavy (non-hydrogen) atoms. The highest BCUT2D eigenvalue weighted by Crippen LogP contribution is 2.23. The highest BCUT2D eigenvalue weighted by atomic mass is 35.5. The van der Waals surface area contributed by atoms with Gasteiger partial charge in [-0.05, 0) is 12.1 Å². The summed E-state index contributed by atoms with van der Waals surface area (Å²) in [6, 6.07) is 4.53. The largest absolute Gasteiger partial charge is 0.497 e. The summed E-state index contributed by atoms with van der Waals surface area (Å²) >= 11 is 7.12. The van der Waals surface area contributed by atoms with Gasteiger partial charge in [-0.1, -0.05) is 11.6 Å². The maximum atomic E-state index is 13.5. The molecule has 0 aliphatic carbocycles. The van der Waals surface area contributed by atoms with E-state index in [9.17, 15) is 4.39 Å². The number of halogens is 2. The molecule has 0 aliphatic rings. The number of nitrogens with one attached hydrogen (secondary N) is 1. The average Bonchev–Trinajstić information content (AvgIpc) is 2.74. The van der Waals surface area contributed by atoms with Gasteiger partial charge in [-0.2, -0.15) is 0 Å². The fraction of sp³-hybridized carbons (Fsp3) is 0.182. The minimum atomic E-state index is -0.326. The van der Waals surface area contributed by atoms with Gasteiger partial charge in [0.25, 0.3) is 0 Å². The third-order valence-electron chi connectivity index (χ3n) is 2.13. The molecule has 0 saturated carbocycles. The zero-order chi connectivity index (χ0) is 12.3. The zero-order valence-corrected chi connectivity index (χ0v) is 10.6. The summed E-state index contributed by atoms with van der Waals surface area (Å²) < 4.78 is 19.1. The summed E-state index contributed by atoms with van der Waals surface area (Å²) in [5.74, 6) is 0.277. The van der Waals surface area contributed by atoms with E-state index in [1.807, 2.05) is 0 Å². The SMILES string of the molecule is COc1ccc(F)c(NCc2ncc(Cl)s2)c1. The normalized spacial score (nSPS) is 10.3. The molecule has 0 amide bonds. The molecular weight excluding hydrogens is 263 g/mol. The van der Waals surface area contributed by atoms with Crippen molar-refractivity contribution in [1.29, 1.82) is 0 Å². The third kappa shape index (κ3) is 3.08. The summed E-state index contributed by atoms with van der Waals surface area (Å²) in [5, 5.41) is 3.75. The van der Waals surface area contributed by atoms with Gasteiger partial charge in [0.1, 0.15) is 20.9 Å². The van der Waals surface area contributed by atoms with Crippen LogP contribution in [0.5, 0.6) is 5.75 Å². The van der Waals surface area contributed by atoms with E-state index in [0.717, 1.165) is 5.01 Å². The first-order chi connectivity index (χ1) is 8.19. The quantitative estimate of drug-likeness (QED) is 0.924. The molecule has 0 bridgehead atoms. The van der Waals surface area contributed by atoms with E-state index in [0.29, 0.717) is 22.3 Å². The van der Waals surface area contributed by atoms with Gasteiger partial charge in [0, 0.05) is 6.07 Å². The van der Waals surface area contributed by atoms with Crippen molar-refractivity contribution in [3.63, 3.8) is 0 Å². The molecule has 0 aliphatic heterocycles. The second-order valence-corrected chi connectivity index (χ2v) is 5.00. The monoisotopic (exact) mass is 272 g/mol. The number of rotatable bonds is 4. The van der Waals surface area contributed by atoms with Crippen LogP contribution in [0.2, 0.25) is 4.34 Å². The van der Waals surface area contributed by atoms with E-state index in [1.54, 1.807) is 18.3 Å². The van der Waals surface area contributed by atoms with Crippen molar-refractivity contribution < 1.29 is 9.13 Å². The number of nitrogens with zero attached hydrogens (tertiary/aromatic N) is 1. The minimum absolute atomic E-state index is 0.326. The molecule has 1 aromatic heterocycles. The van der Waals surface area contributed by atoms with Crippen LogP contribution >= 0.6 is 22.9 Å². The molecule has 1 heterocycles. The lowest BCUT2D eigenvalue weighted by Crippen LogP contribution is -2.01. The highest BCUT2D eigenvalue weighted by Gasteiger charge is 2.05. The van der Waals surface area contributed by atoms with Gasteiger partial charge in [-0.25, -0.2) is 9.37 Å². The maximum Gasteiger partial charge on any atom is 0.146 e. The number of thiazole rings is 1. The Morgan fingerprint density at radius 1 is 1.53 bits per heavy atom. The number of ether oxygens (including phenoxy) is 1. The number of benzene rings is 1. The number of hydrogen-bond acceptors (Lipinski definition) is 4. The van der Waals surface area contributed by atoms with Gasteiger partial charge >= 0.3 is 0 Å². The van der Waals surface area contributed by atoms with Crippen LogP contribution in [0.1, 0.15) is 5.01 Å². The smallest absolute Gasteiger partial charge is 0.146 e. The van der Waals surface area contributed by atoms with E-state index >= 15 is 0 Å². The molecule has 0 saturated heterocycles. The molecule has 0 spiro atoms. The van der Waals surface area contributed by atoms with Gasteiger partial charge in [-0.15, -0.1) is 11.3 Å². The summed E-state index contributed by atoms with van der Waals surface area (Å²) in [5.41, 5.74) is 0.385. The summed E-state index contributed by atoms with van der Waals surface area (Å²) in [4.78, 5) is 4.07. The van der Waals surface area contributed by atoms with E-state index in [2.05, 4.69) is 10.3 Å². The van der Waals surface area contributed by atoms with Crippen LogP contribution in [0.15, 0.2) is 24.4 Å². The standard InChI is InChI=1S/C11H10ClFN2OS/c1-16-7-2-3-8(13)9(4-7)14-6-11-15-5-10(12)17-11/h2-5,14H,6H2,1H3. The van der Waals surface area contributed by atoms with Crippen LogP contribution in [0, 0.1) is 5.82 Å². The lowest BCUT2D eigenvalue weighted by Gasteiger charge is -2.07. The van der Waals surface area contributed by atoms with Crippen LogP contribution < -0.4 is 10.1 Å². The van der Waals surface area contributed by atoms with Crippen LogP contribution in [0.25, 0.3) is 0 Å². The van der Waals surface area contributed by atoms with Crippen LogP contribution in [-0.2, 0) is 6.54 Å². The molecule has 2 aromatic rings. The number of hydrogen-bond donors (Lipinski definition) is 1. The topological polar surface area (TPSA) is 34.1 Å². The molecule has 0 unspecified atom stereocenters. The molecule has 90 valence electrons. The summed E-state index contributed by atoms with van der Waals surface area (Å²) in [7, 11) is 1.54. The molecule has 0 atom stereocenters. The van der Waals surface area contributed by atoms with Gasteiger partial charge < -0.3 is 10.1 Å². The Labute approximate surface area is 107 Å². The Morgan fingerprint density at radius 2 is 2.35 bits per heavy atom. The van der Waals surface area contributed by atoms with Crippen molar-refractivity contribution in [3.05, 3.63) is 39.6 Å². The van der Waals surface area contributed by atoms with Crippen molar-refractivity contribution in [1.82, 2.24) is 4.98 Å². The second-order valence-electron chi connectivity index (χ2n) is 3.26. The Kier molecular flexibility index (Phi) is 3.81. The van der Waals surface area contributed by atoms with E-state index in [-0.39, 0.29) is 5.82 Å². The van der Waals surface area contributed by atoms with Gasteiger partial charge in [0.05, 0.1) is 25.5 Å². The van der Waals surface area contributed by atoms with Crippen LogP contribution in [0.3, 0.4) is 0 Å². The zero-order valence-electron chi connectivity index (χ0n) is 9.04. The average molecular weight is 273 g/mol. The molecule has 6 heteroatoms. The third-order valence-corrected chi connectivity index (χ3v) is 3.24. The van der Waals surface area contributed by atoms with E-state index in [4.69, 9.17) is 16.3 Å². The first-order valence-electron chi connectivity index (χ1n) is 4.86. The summed E-state index contributed by atoms with van der Waals surface area (Å²) in [6.45, 7) is 0.432. The van der Waals surface area contributed by atoms with Crippen LogP contribution in [0.4, 0.5) is 10.1 Å². The lowest BCUT2D eigenvalue weighted by molar-refractivity contribution is 0.414. The Balaban J connectivity index is 2.07.